The number of rotatable bonds is 5. The Morgan fingerprint density at radius 2 is 0.800 bits per heavy atom. The van der Waals surface area contributed by atoms with Crippen LogP contribution >= 0.6 is 45.3 Å². The average Bonchev–Trinajstić information content (AvgIpc) is 1.55. The molecule has 2 nitrogen and oxygen atoms in total. The summed E-state index contributed by atoms with van der Waals surface area (Å²) in [6.45, 7) is 0. The summed E-state index contributed by atoms with van der Waals surface area (Å²) in [5, 5.41) is 11.6. The lowest BCUT2D eigenvalue weighted by molar-refractivity contribution is 1.18. The molecule has 0 amide bonds. The van der Waals surface area contributed by atoms with Gasteiger partial charge in [0.2, 0.25) is 0 Å². The van der Waals surface area contributed by atoms with Crippen LogP contribution in [-0.2, 0) is 0 Å². The molecule has 1 N–H and O–H groups in total. The molecule has 85 heavy (non-hydrogen) atoms. The fourth-order valence-corrected chi connectivity index (χ4v) is 15.0. The van der Waals surface area contributed by atoms with Crippen LogP contribution in [0.5, 0.6) is 0 Å². The molecule has 0 unspecified atom stereocenters. The molecule has 0 aliphatic rings. The Morgan fingerprint density at radius 3 is 1.36 bits per heavy atom. The third-order valence-electron chi connectivity index (χ3n) is 16.1. The molecule has 0 radical (unpaired) electrons. The number of aromatic nitrogens is 2. The molecule has 4 heterocycles. The average molecular weight is 1240 g/mol. The van der Waals surface area contributed by atoms with E-state index in [2.05, 4.69) is 202 Å². The van der Waals surface area contributed by atoms with Crippen molar-refractivity contribution in [3.05, 3.63) is 307 Å². The van der Waals surface area contributed by atoms with Crippen molar-refractivity contribution in [2.75, 3.05) is 0 Å². The number of nitrogens with zero attached hydrogens (tertiary/aromatic N) is 1. The number of para-hydroxylation sites is 1. The molecule has 0 aliphatic heterocycles. The fourth-order valence-electron chi connectivity index (χ4n) is 12.2. The molecule has 0 atom stereocenters. The second-order valence-electron chi connectivity index (χ2n) is 21.1. The van der Waals surface area contributed by atoms with Crippen molar-refractivity contribution < 1.29 is 11.0 Å². The van der Waals surface area contributed by atoms with Gasteiger partial charge in [0.1, 0.15) is 0 Å². The highest BCUT2D eigenvalue weighted by molar-refractivity contribution is 14.1. The summed E-state index contributed by atoms with van der Waals surface area (Å²) < 4.78 is 76.2. The zero-order chi connectivity index (χ0) is 63.3. The maximum atomic E-state index is 9.12. The van der Waals surface area contributed by atoms with Crippen LogP contribution in [0.3, 0.4) is 0 Å². The monoisotopic (exact) mass is 1240 g/mol. The van der Waals surface area contributed by atoms with Gasteiger partial charge in [-0.1, -0.05) is 230 Å². The summed E-state index contributed by atoms with van der Waals surface area (Å²) >= 11 is 5.19. The number of H-pyrrole nitrogens is 1. The lowest BCUT2D eigenvalue weighted by Gasteiger charge is -2.11. The van der Waals surface area contributed by atoms with E-state index in [0.29, 0.717) is 20.2 Å². The van der Waals surface area contributed by atoms with Gasteiger partial charge < -0.3 is 9.55 Å². The predicted molar refractivity (Wildman–Crippen MR) is 378 cm³/mol. The van der Waals surface area contributed by atoms with E-state index in [1.807, 2.05) is 84.9 Å². The molecule has 18 rings (SSSR count). The Balaban J connectivity index is 0.000000134. The highest BCUT2D eigenvalue weighted by Gasteiger charge is 2.23. The number of aromatic amines is 1. The van der Waals surface area contributed by atoms with Crippen molar-refractivity contribution in [3.63, 3.8) is 0 Å². The van der Waals surface area contributed by atoms with Gasteiger partial charge in [0, 0.05) is 93.3 Å². The lowest BCUT2D eigenvalue weighted by Crippen LogP contribution is -1.94. The van der Waals surface area contributed by atoms with Gasteiger partial charge in [0.05, 0.1) is 22.0 Å². The summed E-state index contributed by atoms with van der Waals surface area (Å²) in [6, 6.07) is 87.4. The summed E-state index contributed by atoms with van der Waals surface area (Å²) in [5.74, 6) is 0. The Hall–Kier alpha value is -9.63. The van der Waals surface area contributed by atoms with Crippen LogP contribution in [0.1, 0.15) is 11.0 Å². The summed E-state index contributed by atoms with van der Waals surface area (Å²) in [6.07, 6.45) is 0. The van der Waals surface area contributed by atoms with Gasteiger partial charge >= 0.3 is 0 Å². The van der Waals surface area contributed by atoms with Gasteiger partial charge in [-0.3, -0.25) is 0 Å². The predicted octanol–water partition coefficient (Wildman–Crippen LogP) is 24.1. The van der Waals surface area contributed by atoms with Gasteiger partial charge in [-0.05, 0) is 150 Å². The standard InChI is InChI=1S/C40H25NS.C34H21NS.C6H5I/c1-3-11-26(12-4-1)29-21-22-32-35(24-29)41(31-15-5-2-6-16-31)36-25-34(30-20-19-27-13-7-8-14-28(27)23-30)40-39(38(32)36)33-17-9-10-18-37(33)42-40;1-2-8-21(9-3-1)24-16-17-26-29(19-24)35-30-20-28(25-15-14-22-10-4-5-11-23(22)18-25)34-33(32(26)30)27-12-6-7-13-31(27)36-34;7-6-4-2-1-3-5-6/h1-25H;1-20,35H;1-5H/i9D,10D,17D,18D;6D,7D,12D,13D;. The van der Waals surface area contributed by atoms with E-state index < -0.39 is 0 Å². The largest absolute Gasteiger partial charge is 0.354 e. The van der Waals surface area contributed by atoms with E-state index in [1.165, 1.54) is 31.6 Å². The summed E-state index contributed by atoms with van der Waals surface area (Å²) in [7, 11) is 0. The van der Waals surface area contributed by atoms with E-state index in [-0.39, 0.29) is 48.3 Å². The highest BCUT2D eigenvalue weighted by atomic mass is 127. The van der Waals surface area contributed by atoms with E-state index in [9.17, 15) is 0 Å². The van der Waals surface area contributed by atoms with Crippen LogP contribution in [-0.4, -0.2) is 9.55 Å². The lowest BCUT2D eigenvalue weighted by atomic mass is 9.96. The Bertz CT molecular complexity index is 6050. The van der Waals surface area contributed by atoms with Gasteiger partial charge in [0.15, 0.2) is 0 Å². The quantitative estimate of drug-likeness (QED) is 0.166. The smallest absolute Gasteiger partial charge is 0.0638 e. The molecule has 0 bridgehead atoms. The van der Waals surface area contributed by atoms with Crippen molar-refractivity contribution >= 4 is 151 Å². The number of nitrogens with one attached hydrogen (secondary N) is 1. The molecular formula is C80H51IN2S2. The first-order valence-corrected chi connectivity index (χ1v) is 30.8. The Kier molecular flexibility index (Phi) is 10.9. The topological polar surface area (TPSA) is 20.7 Å². The minimum absolute atomic E-state index is 0.000674. The van der Waals surface area contributed by atoms with Crippen molar-refractivity contribution in [1.82, 2.24) is 9.55 Å². The molecule has 0 fully saturated rings. The normalized spacial score (nSPS) is 12.9. The van der Waals surface area contributed by atoms with Crippen LogP contribution in [0.2, 0.25) is 0 Å². The minimum Gasteiger partial charge on any atom is -0.354 e. The van der Waals surface area contributed by atoms with Crippen LogP contribution in [0.4, 0.5) is 0 Å². The second-order valence-corrected chi connectivity index (χ2v) is 24.4. The zero-order valence-electron chi connectivity index (χ0n) is 53.4. The van der Waals surface area contributed by atoms with Crippen LogP contribution in [0.25, 0.3) is 156 Å². The highest BCUT2D eigenvalue weighted by Crippen LogP contribution is 2.50. The Morgan fingerprint density at radius 1 is 0.329 bits per heavy atom. The summed E-state index contributed by atoms with van der Waals surface area (Å²) in [5.41, 5.74) is 13.6. The van der Waals surface area contributed by atoms with E-state index in [0.717, 1.165) is 130 Å². The molecule has 0 saturated carbocycles. The zero-order valence-corrected chi connectivity index (χ0v) is 49.2. The second kappa shape index (κ2) is 21.5. The maximum Gasteiger partial charge on any atom is 0.0638 e. The van der Waals surface area contributed by atoms with Crippen molar-refractivity contribution in [3.8, 4) is 50.2 Å². The molecule has 14 aromatic carbocycles. The number of thiophene rings is 2. The fraction of sp³-hybridized carbons (Fsp3) is 0. The first-order chi connectivity index (χ1) is 45.4. The molecule has 0 aliphatic carbocycles. The van der Waals surface area contributed by atoms with Crippen LogP contribution in [0, 0.1) is 3.57 Å². The van der Waals surface area contributed by atoms with Gasteiger partial charge in [-0.25, -0.2) is 0 Å². The SMILES string of the molecule is Ic1ccccc1.[2H]c1c([2H])c([2H])c2c(sc3c(-c4ccc5ccccc5c4)cc4[nH]c5cc(-c6ccccc6)ccc5c4c32)c1[2H].[2H]c1c([2H])c([2H])c2c(sc3c(-c4ccc5ccccc5c4)cc4c(c5ccc(-c6ccccc6)cc5n4-c4ccccc4)c32)c1[2H]. The third-order valence-corrected chi connectivity index (χ3v) is 19.1. The van der Waals surface area contributed by atoms with Crippen molar-refractivity contribution in [2.24, 2.45) is 0 Å². The molecule has 0 saturated heterocycles. The van der Waals surface area contributed by atoms with E-state index >= 15 is 0 Å². The third kappa shape index (κ3) is 9.15. The molecule has 5 heteroatoms. The number of hydrogen-bond donors (Lipinski definition) is 1. The summed E-state index contributed by atoms with van der Waals surface area (Å²) in [4.78, 5) is 3.65. The van der Waals surface area contributed by atoms with E-state index in [1.54, 1.807) is 0 Å². The molecule has 0 spiro atoms. The van der Waals surface area contributed by atoms with E-state index in [4.69, 9.17) is 11.0 Å². The number of halogens is 1. The number of hydrogen-bond acceptors (Lipinski definition) is 2. The van der Waals surface area contributed by atoms with Crippen molar-refractivity contribution in [2.45, 2.75) is 0 Å². The molecule has 4 aromatic heterocycles. The van der Waals surface area contributed by atoms with Gasteiger partial charge in [-0.15, -0.1) is 22.7 Å². The first-order valence-electron chi connectivity index (χ1n) is 32.1. The van der Waals surface area contributed by atoms with Crippen molar-refractivity contribution in [1.29, 1.82) is 0 Å². The molecular weight excluding hydrogens is 1180 g/mol. The molecule has 400 valence electrons. The number of fused-ring (bicyclic) bond motifs is 16. The van der Waals surface area contributed by atoms with Crippen LogP contribution in [0.15, 0.2) is 303 Å². The van der Waals surface area contributed by atoms with Crippen LogP contribution < -0.4 is 0 Å². The first kappa shape index (κ1) is 43.1. The van der Waals surface area contributed by atoms with Gasteiger partial charge in [0.25, 0.3) is 0 Å². The maximum absolute atomic E-state index is 9.12. The van der Waals surface area contributed by atoms with Gasteiger partial charge in [-0.2, -0.15) is 0 Å². The Labute approximate surface area is 524 Å². The number of benzene rings is 14. The minimum atomic E-state index is -0.209. The molecule has 18 aromatic rings.